The SMILES string of the molecule is CCOC1CC(NCC(F)(F)F)C12CCCCC2. The van der Waals surface area contributed by atoms with E-state index in [9.17, 15) is 13.2 Å². The van der Waals surface area contributed by atoms with Gasteiger partial charge in [0, 0.05) is 18.1 Å². The Kier molecular flexibility index (Phi) is 4.22. The molecular weight excluding hydrogens is 243 g/mol. The van der Waals surface area contributed by atoms with Crippen LogP contribution in [0.2, 0.25) is 0 Å². The minimum Gasteiger partial charge on any atom is -0.378 e. The second-order valence-electron chi connectivity index (χ2n) is 5.52. The molecule has 2 aliphatic carbocycles. The first-order chi connectivity index (χ1) is 8.48. The Morgan fingerprint density at radius 3 is 2.44 bits per heavy atom. The molecule has 2 atom stereocenters. The van der Waals surface area contributed by atoms with Crippen LogP contribution in [-0.2, 0) is 4.74 Å². The molecule has 0 heterocycles. The van der Waals surface area contributed by atoms with Crippen molar-refractivity contribution in [3.8, 4) is 0 Å². The highest BCUT2D eigenvalue weighted by Gasteiger charge is 2.55. The van der Waals surface area contributed by atoms with Gasteiger partial charge in [0.1, 0.15) is 0 Å². The summed E-state index contributed by atoms with van der Waals surface area (Å²) in [7, 11) is 0. The Hall–Kier alpha value is -0.290. The molecular formula is C13H22F3NO. The van der Waals surface area contributed by atoms with Crippen molar-refractivity contribution in [3.05, 3.63) is 0 Å². The van der Waals surface area contributed by atoms with E-state index in [0.717, 1.165) is 32.1 Å². The van der Waals surface area contributed by atoms with E-state index in [1.165, 1.54) is 6.42 Å². The molecule has 0 saturated heterocycles. The number of hydrogen-bond acceptors (Lipinski definition) is 2. The van der Waals surface area contributed by atoms with Crippen LogP contribution in [0.15, 0.2) is 0 Å². The Bertz CT molecular complexity index is 274. The van der Waals surface area contributed by atoms with Crippen LogP contribution in [-0.4, -0.2) is 31.5 Å². The Morgan fingerprint density at radius 2 is 1.89 bits per heavy atom. The van der Waals surface area contributed by atoms with Crippen LogP contribution < -0.4 is 5.32 Å². The lowest BCUT2D eigenvalue weighted by atomic mass is 9.55. The molecule has 106 valence electrons. The fraction of sp³-hybridized carbons (Fsp3) is 1.00. The van der Waals surface area contributed by atoms with Gasteiger partial charge >= 0.3 is 6.18 Å². The van der Waals surface area contributed by atoms with Crippen molar-refractivity contribution in [2.75, 3.05) is 13.2 Å². The minimum atomic E-state index is -4.12. The molecule has 2 rings (SSSR count). The second kappa shape index (κ2) is 5.37. The smallest absolute Gasteiger partial charge is 0.378 e. The van der Waals surface area contributed by atoms with E-state index in [0.29, 0.717) is 6.61 Å². The Labute approximate surface area is 106 Å². The Morgan fingerprint density at radius 1 is 1.22 bits per heavy atom. The molecule has 5 heteroatoms. The molecule has 2 saturated carbocycles. The molecule has 1 spiro atoms. The minimum absolute atomic E-state index is 0.0176. The zero-order chi connectivity index (χ0) is 13.2. The maximum absolute atomic E-state index is 12.3. The average Bonchev–Trinajstić information content (AvgIpc) is 2.32. The molecule has 0 bridgehead atoms. The van der Waals surface area contributed by atoms with Gasteiger partial charge in [-0.1, -0.05) is 19.3 Å². The summed E-state index contributed by atoms with van der Waals surface area (Å²) in [5.41, 5.74) is -0.0283. The lowest BCUT2D eigenvalue weighted by Crippen LogP contribution is -2.65. The second-order valence-corrected chi connectivity index (χ2v) is 5.52. The molecule has 0 aliphatic heterocycles. The summed E-state index contributed by atoms with van der Waals surface area (Å²) >= 11 is 0. The third kappa shape index (κ3) is 2.82. The molecule has 2 unspecified atom stereocenters. The predicted octanol–water partition coefficient (Wildman–Crippen LogP) is 3.27. The van der Waals surface area contributed by atoms with Crippen molar-refractivity contribution in [3.63, 3.8) is 0 Å². The van der Waals surface area contributed by atoms with E-state index >= 15 is 0 Å². The lowest BCUT2D eigenvalue weighted by Gasteiger charge is -2.58. The van der Waals surface area contributed by atoms with E-state index in [1.807, 2.05) is 6.92 Å². The van der Waals surface area contributed by atoms with Crippen molar-refractivity contribution >= 4 is 0 Å². The fourth-order valence-corrected chi connectivity index (χ4v) is 3.59. The van der Waals surface area contributed by atoms with Gasteiger partial charge in [-0.3, -0.25) is 0 Å². The van der Waals surface area contributed by atoms with E-state index in [4.69, 9.17) is 4.74 Å². The third-order valence-electron chi connectivity index (χ3n) is 4.49. The fourth-order valence-electron chi connectivity index (χ4n) is 3.59. The molecule has 0 aromatic carbocycles. The number of ether oxygens (including phenoxy) is 1. The van der Waals surface area contributed by atoms with Crippen molar-refractivity contribution in [2.45, 2.75) is 63.8 Å². The highest BCUT2D eigenvalue weighted by molar-refractivity contribution is 5.09. The largest absolute Gasteiger partial charge is 0.401 e. The normalized spacial score (nSPS) is 31.3. The van der Waals surface area contributed by atoms with Gasteiger partial charge in [-0.05, 0) is 26.2 Å². The summed E-state index contributed by atoms with van der Waals surface area (Å²) in [6.45, 7) is 1.73. The van der Waals surface area contributed by atoms with Gasteiger partial charge in [0.15, 0.2) is 0 Å². The molecule has 0 aromatic heterocycles. The van der Waals surface area contributed by atoms with Crippen LogP contribution in [0.1, 0.15) is 45.4 Å². The summed E-state index contributed by atoms with van der Waals surface area (Å²) in [6, 6.07) is -0.0176. The zero-order valence-corrected chi connectivity index (χ0v) is 10.9. The highest BCUT2D eigenvalue weighted by atomic mass is 19.4. The first-order valence-electron chi connectivity index (χ1n) is 6.90. The van der Waals surface area contributed by atoms with Gasteiger partial charge in [0.05, 0.1) is 12.6 Å². The Balaban J connectivity index is 1.94. The van der Waals surface area contributed by atoms with Crippen molar-refractivity contribution in [2.24, 2.45) is 5.41 Å². The summed E-state index contributed by atoms with van der Waals surface area (Å²) in [4.78, 5) is 0. The number of rotatable bonds is 4. The van der Waals surface area contributed by atoms with Crippen LogP contribution in [0, 0.1) is 5.41 Å². The molecule has 0 amide bonds. The van der Waals surface area contributed by atoms with Crippen LogP contribution in [0.5, 0.6) is 0 Å². The predicted molar refractivity (Wildman–Crippen MR) is 63.4 cm³/mol. The first kappa shape index (κ1) is 14.1. The number of nitrogens with one attached hydrogen (secondary N) is 1. The molecule has 0 aromatic rings. The monoisotopic (exact) mass is 265 g/mol. The van der Waals surface area contributed by atoms with E-state index in [1.54, 1.807) is 0 Å². The van der Waals surface area contributed by atoms with Crippen LogP contribution in [0.25, 0.3) is 0 Å². The van der Waals surface area contributed by atoms with Crippen LogP contribution in [0.4, 0.5) is 13.2 Å². The van der Waals surface area contributed by atoms with Gasteiger partial charge in [0.2, 0.25) is 0 Å². The lowest BCUT2D eigenvalue weighted by molar-refractivity contribution is -0.168. The molecule has 0 radical (unpaired) electrons. The van der Waals surface area contributed by atoms with Gasteiger partial charge in [-0.25, -0.2) is 0 Å². The molecule has 2 nitrogen and oxygen atoms in total. The van der Waals surface area contributed by atoms with E-state index < -0.39 is 12.7 Å². The van der Waals surface area contributed by atoms with Crippen molar-refractivity contribution < 1.29 is 17.9 Å². The van der Waals surface area contributed by atoms with Gasteiger partial charge in [-0.15, -0.1) is 0 Å². The van der Waals surface area contributed by atoms with E-state index in [2.05, 4.69) is 5.32 Å². The molecule has 1 N–H and O–H groups in total. The van der Waals surface area contributed by atoms with Crippen molar-refractivity contribution in [1.29, 1.82) is 0 Å². The number of alkyl halides is 3. The third-order valence-corrected chi connectivity index (χ3v) is 4.49. The quantitative estimate of drug-likeness (QED) is 0.842. The zero-order valence-electron chi connectivity index (χ0n) is 10.9. The summed E-state index contributed by atoms with van der Waals surface area (Å²) in [6.07, 6.45) is 2.22. The first-order valence-corrected chi connectivity index (χ1v) is 6.90. The summed E-state index contributed by atoms with van der Waals surface area (Å²) in [5, 5.41) is 2.70. The van der Waals surface area contributed by atoms with Gasteiger partial charge in [0.25, 0.3) is 0 Å². The van der Waals surface area contributed by atoms with Gasteiger partial charge in [-0.2, -0.15) is 13.2 Å². The molecule has 2 aliphatic rings. The van der Waals surface area contributed by atoms with E-state index in [-0.39, 0.29) is 17.6 Å². The number of hydrogen-bond donors (Lipinski definition) is 1. The topological polar surface area (TPSA) is 21.3 Å². The summed E-state index contributed by atoms with van der Waals surface area (Å²) in [5.74, 6) is 0. The standard InChI is InChI=1S/C13H22F3NO/c1-2-18-11-8-10(17-9-13(14,15)16)12(11)6-4-3-5-7-12/h10-11,17H,2-9H2,1H3. The molecule has 2 fully saturated rings. The van der Waals surface area contributed by atoms with Crippen molar-refractivity contribution in [1.82, 2.24) is 5.32 Å². The van der Waals surface area contributed by atoms with Crippen LogP contribution in [0.3, 0.4) is 0 Å². The summed E-state index contributed by atoms with van der Waals surface area (Å²) < 4.78 is 42.6. The highest BCUT2D eigenvalue weighted by Crippen LogP contribution is 2.53. The molecule has 18 heavy (non-hydrogen) atoms. The number of halogens is 3. The maximum Gasteiger partial charge on any atom is 0.401 e. The van der Waals surface area contributed by atoms with Crippen LogP contribution >= 0.6 is 0 Å². The van der Waals surface area contributed by atoms with Gasteiger partial charge < -0.3 is 10.1 Å². The average molecular weight is 265 g/mol. The maximum atomic E-state index is 12.3.